The quantitative estimate of drug-likeness (QED) is 0.554. The minimum Gasteiger partial charge on any atom is -0.379 e. The maximum Gasteiger partial charge on any atom is 0.416 e. The first-order valence-electron chi connectivity index (χ1n) is 8.82. The molecule has 0 atom stereocenters. The van der Waals surface area contributed by atoms with Gasteiger partial charge in [0.15, 0.2) is 0 Å². The summed E-state index contributed by atoms with van der Waals surface area (Å²) in [7, 11) is 0. The molecule has 150 valence electrons. The lowest BCUT2D eigenvalue weighted by molar-refractivity contribution is -0.384. The Morgan fingerprint density at radius 2 is 2.00 bits per heavy atom. The molecule has 1 aromatic carbocycles. The largest absolute Gasteiger partial charge is 0.416 e. The summed E-state index contributed by atoms with van der Waals surface area (Å²) >= 11 is 0. The van der Waals surface area contributed by atoms with Crippen LogP contribution in [0.3, 0.4) is 0 Å². The molecule has 2 rings (SSSR count). The van der Waals surface area contributed by atoms with E-state index in [9.17, 15) is 28.1 Å². The van der Waals surface area contributed by atoms with Crippen molar-refractivity contribution in [2.75, 3.05) is 31.5 Å². The Bertz CT molecular complexity index is 674. The number of amides is 1. The van der Waals surface area contributed by atoms with E-state index >= 15 is 0 Å². The summed E-state index contributed by atoms with van der Waals surface area (Å²) in [6.07, 6.45) is -2.84. The van der Waals surface area contributed by atoms with Crippen molar-refractivity contribution in [3.05, 3.63) is 33.9 Å². The first-order chi connectivity index (χ1) is 12.7. The van der Waals surface area contributed by atoms with Gasteiger partial charge in [-0.25, -0.2) is 0 Å². The van der Waals surface area contributed by atoms with E-state index in [4.69, 9.17) is 0 Å². The van der Waals surface area contributed by atoms with Crippen molar-refractivity contribution in [3.63, 3.8) is 0 Å². The van der Waals surface area contributed by atoms with Crippen molar-refractivity contribution in [2.45, 2.75) is 38.4 Å². The molecule has 7 nitrogen and oxygen atoms in total. The number of nitro groups is 1. The lowest BCUT2D eigenvalue weighted by atomic mass is 10.0. The number of hydrogen-bond donors (Lipinski definition) is 2. The molecule has 1 heterocycles. The SMILES string of the molecule is CCN1CCC(NC(=O)CCNc2ccc(C(F)(F)F)cc2[N+](=O)[O-])CC1. The molecule has 27 heavy (non-hydrogen) atoms. The molecule has 0 spiro atoms. The van der Waals surface area contributed by atoms with Gasteiger partial charge in [0.25, 0.3) is 5.69 Å². The number of nitrogens with zero attached hydrogens (tertiary/aromatic N) is 2. The van der Waals surface area contributed by atoms with E-state index in [-0.39, 0.29) is 30.6 Å². The summed E-state index contributed by atoms with van der Waals surface area (Å²) in [6, 6.07) is 2.39. The molecular weight excluding hydrogens is 365 g/mol. The van der Waals surface area contributed by atoms with Gasteiger partial charge in [-0.05, 0) is 31.5 Å². The Hall–Kier alpha value is -2.36. The van der Waals surface area contributed by atoms with E-state index in [1.165, 1.54) is 0 Å². The summed E-state index contributed by atoms with van der Waals surface area (Å²) in [5.74, 6) is -0.188. The standard InChI is InChI=1S/C17H23F3N4O3/c1-2-23-9-6-13(7-10-23)22-16(25)5-8-21-14-4-3-12(17(18,19)20)11-15(14)24(26)27/h3-4,11,13,21H,2,5-10H2,1H3,(H,22,25). The summed E-state index contributed by atoms with van der Waals surface area (Å²) in [5.41, 5.74) is -1.80. The van der Waals surface area contributed by atoms with Gasteiger partial charge in [-0.2, -0.15) is 13.2 Å². The molecule has 0 bridgehead atoms. The first kappa shape index (κ1) is 20.9. The zero-order valence-corrected chi connectivity index (χ0v) is 15.0. The number of nitro benzene ring substituents is 1. The molecule has 1 amide bonds. The van der Waals surface area contributed by atoms with Crippen LogP contribution in [0.25, 0.3) is 0 Å². The highest BCUT2D eigenvalue weighted by Crippen LogP contribution is 2.34. The van der Waals surface area contributed by atoms with E-state index in [0.717, 1.165) is 44.6 Å². The normalized spacial score (nSPS) is 16.1. The fraction of sp³-hybridized carbons (Fsp3) is 0.588. The van der Waals surface area contributed by atoms with Crippen LogP contribution < -0.4 is 10.6 Å². The van der Waals surface area contributed by atoms with Crippen LogP contribution in [0.4, 0.5) is 24.5 Å². The number of benzene rings is 1. The molecule has 0 radical (unpaired) electrons. The maximum absolute atomic E-state index is 12.7. The maximum atomic E-state index is 12.7. The van der Waals surface area contributed by atoms with Crippen LogP contribution in [-0.2, 0) is 11.0 Å². The first-order valence-corrected chi connectivity index (χ1v) is 8.82. The van der Waals surface area contributed by atoms with Crippen LogP contribution in [0.5, 0.6) is 0 Å². The second kappa shape index (κ2) is 9.03. The van der Waals surface area contributed by atoms with E-state index < -0.39 is 22.4 Å². The molecule has 1 aromatic rings. The van der Waals surface area contributed by atoms with E-state index in [2.05, 4.69) is 22.5 Å². The molecule has 0 aromatic heterocycles. The van der Waals surface area contributed by atoms with Gasteiger partial charge >= 0.3 is 6.18 Å². The Morgan fingerprint density at radius 3 is 2.56 bits per heavy atom. The third kappa shape index (κ3) is 6.09. The molecule has 1 aliphatic heterocycles. The van der Waals surface area contributed by atoms with Gasteiger partial charge in [0, 0.05) is 38.2 Å². The van der Waals surface area contributed by atoms with Crippen molar-refractivity contribution >= 4 is 17.3 Å². The average molecular weight is 388 g/mol. The second-order valence-corrected chi connectivity index (χ2v) is 6.44. The third-order valence-electron chi connectivity index (χ3n) is 4.59. The van der Waals surface area contributed by atoms with Gasteiger partial charge in [0.2, 0.25) is 5.91 Å². The third-order valence-corrected chi connectivity index (χ3v) is 4.59. The lowest BCUT2D eigenvalue weighted by Crippen LogP contribution is -2.44. The van der Waals surface area contributed by atoms with Crippen molar-refractivity contribution < 1.29 is 22.9 Å². The number of rotatable bonds is 7. The number of nitrogens with one attached hydrogen (secondary N) is 2. The highest BCUT2D eigenvalue weighted by Gasteiger charge is 2.33. The minimum absolute atomic E-state index is 0.0444. The predicted octanol–water partition coefficient (Wildman–Crippen LogP) is 3.02. The fourth-order valence-electron chi connectivity index (χ4n) is 3.01. The summed E-state index contributed by atoms with van der Waals surface area (Å²) in [4.78, 5) is 24.5. The zero-order valence-electron chi connectivity index (χ0n) is 15.0. The Kier molecular flexibility index (Phi) is 7.00. The second-order valence-electron chi connectivity index (χ2n) is 6.44. The number of alkyl halides is 3. The Labute approximate surface area is 155 Å². The topological polar surface area (TPSA) is 87.5 Å². The molecule has 0 unspecified atom stereocenters. The molecule has 1 saturated heterocycles. The number of halogens is 3. The van der Waals surface area contributed by atoms with Crippen molar-refractivity contribution in [1.82, 2.24) is 10.2 Å². The zero-order chi connectivity index (χ0) is 20.0. The van der Waals surface area contributed by atoms with Crippen LogP contribution in [0.2, 0.25) is 0 Å². The average Bonchev–Trinajstić information content (AvgIpc) is 2.61. The number of likely N-dealkylation sites (tertiary alicyclic amines) is 1. The summed E-state index contributed by atoms with van der Waals surface area (Å²) in [5, 5.41) is 16.6. The highest BCUT2D eigenvalue weighted by molar-refractivity contribution is 5.77. The number of piperidine rings is 1. The smallest absolute Gasteiger partial charge is 0.379 e. The van der Waals surface area contributed by atoms with Gasteiger partial charge < -0.3 is 15.5 Å². The van der Waals surface area contributed by atoms with Gasteiger partial charge in [-0.3, -0.25) is 14.9 Å². The van der Waals surface area contributed by atoms with Gasteiger partial charge in [-0.15, -0.1) is 0 Å². The van der Waals surface area contributed by atoms with Crippen LogP contribution in [0.15, 0.2) is 18.2 Å². The molecule has 1 fully saturated rings. The van der Waals surface area contributed by atoms with Gasteiger partial charge in [-0.1, -0.05) is 6.92 Å². The van der Waals surface area contributed by atoms with Crippen LogP contribution in [0, 0.1) is 10.1 Å². The number of carbonyl (C=O) groups excluding carboxylic acids is 1. The number of carbonyl (C=O) groups is 1. The molecule has 10 heteroatoms. The van der Waals surface area contributed by atoms with Gasteiger partial charge in [0.1, 0.15) is 5.69 Å². The molecule has 0 aliphatic carbocycles. The fourth-order valence-corrected chi connectivity index (χ4v) is 3.01. The van der Waals surface area contributed by atoms with Crippen LogP contribution >= 0.6 is 0 Å². The van der Waals surface area contributed by atoms with E-state index in [0.29, 0.717) is 6.07 Å². The van der Waals surface area contributed by atoms with Gasteiger partial charge in [0.05, 0.1) is 10.5 Å². The monoisotopic (exact) mass is 388 g/mol. The van der Waals surface area contributed by atoms with E-state index in [1.807, 2.05) is 0 Å². The minimum atomic E-state index is -4.66. The van der Waals surface area contributed by atoms with Crippen molar-refractivity contribution in [1.29, 1.82) is 0 Å². The van der Waals surface area contributed by atoms with Crippen LogP contribution in [0.1, 0.15) is 31.7 Å². The Balaban J connectivity index is 1.86. The summed E-state index contributed by atoms with van der Waals surface area (Å²) in [6.45, 7) is 5.02. The van der Waals surface area contributed by atoms with Crippen molar-refractivity contribution in [2.24, 2.45) is 0 Å². The lowest BCUT2D eigenvalue weighted by Gasteiger charge is -2.31. The predicted molar refractivity (Wildman–Crippen MR) is 94.5 cm³/mol. The molecule has 1 aliphatic rings. The number of anilines is 1. The molecular formula is C17H23F3N4O3. The Morgan fingerprint density at radius 1 is 1.33 bits per heavy atom. The molecule has 2 N–H and O–H groups in total. The molecule has 0 saturated carbocycles. The van der Waals surface area contributed by atoms with E-state index in [1.54, 1.807) is 0 Å². The summed E-state index contributed by atoms with van der Waals surface area (Å²) < 4.78 is 38.1. The van der Waals surface area contributed by atoms with Crippen molar-refractivity contribution in [3.8, 4) is 0 Å². The number of hydrogen-bond acceptors (Lipinski definition) is 5. The van der Waals surface area contributed by atoms with Crippen LogP contribution in [-0.4, -0.2) is 48.0 Å². The highest BCUT2D eigenvalue weighted by atomic mass is 19.4.